The van der Waals surface area contributed by atoms with E-state index in [-0.39, 0.29) is 35.6 Å². The number of hydrogen-bond donors (Lipinski definition) is 1. The Morgan fingerprint density at radius 1 is 1.40 bits per heavy atom. The van der Waals surface area contributed by atoms with Gasteiger partial charge in [-0.15, -0.1) is 0 Å². The number of aromatic nitrogens is 2. The summed E-state index contributed by atoms with van der Waals surface area (Å²) in [5.41, 5.74) is -0.111. The Morgan fingerprint density at radius 3 is 2.92 bits per heavy atom. The molecule has 1 amide bonds. The number of carbonyl (C=O) groups excluding carboxylic acids is 1. The van der Waals surface area contributed by atoms with Crippen molar-refractivity contribution in [2.45, 2.75) is 51.3 Å². The molecule has 6 heteroatoms. The van der Waals surface area contributed by atoms with Gasteiger partial charge in [-0.1, -0.05) is 24.6 Å². The van der Waals surface area contributed by atoms with Crippen LogP contribution >= 0.6 is 0 Å². The highest BCUT2D eigenvalue weighted by Crippen LogP contribution is 2.57. The van der Waals surface area contributed by atoms with Gasteiger partial charge in [-0.05, 0) is 32.3 Å². The Hall–Kier alpha value is -2.21. The van der Waals surface area contributed by atoms with Crippen molar-refractivity contribution in [2.24, 2.45) is 5.41 Å². The van der Waals surface area contributed by atoms with Crippen LogP contribution in [0.3, 0.4) is 0 Å². The van der Waals surface area contributed by atoms with Gasteiger partial charge in [0, 0.05) is 23.4 Å². The third-order valence-electron chi connectivity index (χ3n) is 5.83. The quantitative estimate of drug-likeness (QED) is 0.901. The van der Waals surface area contributed by atoms with Crippen molar-refractivity contribution >= 4 is 16.7 Å². The number of amides is 1. The summed E-state index contributed by atoms with van der Waals surface area (Å²) in [7, 11) is 0. The van der Waals surface area contributed by atoms with Crippen LogP contribution in [0, 0.1) is 5.41 Å². The molecule has 2 aromatic rings. The van der Waals surface area contributed by atoms with Crippen LogP contribution in [0.2, 0.25) is 0 Å². The van der Waals surface area contributed by atoms with E-state index in [0.29, 0.717) is 12.0 Å². The molecule has 6 nitrogen and oxygen atoms in total. The Bertz CT molecular complexity index is 856. The normalized spacial score (nSPS) is 23.9. The summed E-state index contributed by atoms with van der Waals surface area (Å²) in [5.74, 6) is -0.156. The van der Waals surface area contributed by atoms with Gasteiger partial charge in [0.25, 0.3) is 5.56 Å². The van der Waals surface area contributed by atoms with E-state index in [1.165, 1.54) is 11.1 Å². The molecule has 2 aliphatic rings. The van der Waals surface area contributed by atoms with E-state index < -0.39 is 0 Å². The third-order valence-corrected chi connectivity index (χ3v) is 5.83. The van der Waals surface area contributed by atoms with Crippen LogP contribution in [0.25, 0.3) is 10.8 Å². The number of nitrogens with one attached hydrogen (secondary N) is 1. The van der Waals surface area contributed by atoms with Crippen LogP contribution in [0.4, 0.5) is 0 Å². The van der Waals surface area contributed by atoms with Crippen molar-refractivity contribution < 1.29 is 9.53 Å². The molecule has 132 valence electrons. The average Bonchev–Trinajstić information content (AvgIpc) is 2.55. The summed E-state index contributed by atoms with van der Waals surface area (Å²) in [6, 6.07) is 7.44. The number of benzene rings is 1. The second-order valence-electron chi connectivity index (χ2n) is 7.08. The molecule has 2 aliphatic carbocycles. The van der Waals surface area contributed by atoms with Crippen molar-refractivity contribution in [3.8, 4) is 0 Å². The largest absolute Gasteiger partial charge is 0.378 e. The number of fused-ring (bicyclic) bond motifs is 1. The van der Waals surface area contributed by atoms with Gasteiger partial charge in [-0.25, -0.2) is 4.68 Å². The second kappa shape index (κ2) is 6.26. The van der Waals surface area contributed by atoms with E-state index in [1.54, 1.807) is 12.3 Å². The topological polar surface area (TPSA) is 73.2 Å². The molecular formula is C19H23N3O3. The molecule has 1 N–H and O–H groups in total. The van der Waals surface area contributed by atoms with Gasteiger partial charge in [0.05, 0.1) is 17.7 Å². The Morgan fingerprint density at radius 2 is 2.20 bits per heavy atom. The minimum absolute atomic E-state index is 0.0461. The summed E-state index contributed by atoms with van der Waals surface area (Å²) in [5, 5.41) is 8.61. The molecule has 2 atom stereocenters. The molecule has 2 saturated carbocycles. The first-order valence-electron chi connectivity index (χ1n) is 9.00. The van der Waals surface area contributed by atoms with Crippen molar-refractivity contribution in [1.29, 1.82) is 0 Å². The molecule has 25 heavy (non-hydrogen) atoms. The predicted molar refractivity (Wildman–Crippen MR) is 94.2 cm³/mol. The predicted octanol–water partition coefficient (Wildman–Crippen LogP) is 1.86. The zero-order valence-electron chi connectivity index (χ0n) is 14.4. The third kappa shape index (κ3) is 2.65. The molecule has 0 bridgehead atoms. The zero-order valence-corrected chi connectivity index (χ0v) is 14.4. The van der Waals surface area contributed by atoms with Crippen molar-refractivity contribution in [1.82, 2.24) is 15.1 Å². The van der Waals surface area contributed by atoms with E-state index in [9.17, 15) is 9.59 Å². The molecule has 1 spiro atoms. The Balaban J connectivity index is 1.45. The van der Waals surface area contributed by atoms with E-state index in [0.717, 1.165) is 24.6 Å². The fourth-order valence-electron chi connectivity index (χ4n) is 4.26. The van der Waals surface area contributed by atoms with Crippen molar-refractivity contribution in [3.05, 3.63) is 40.8 Å². The second-order valence-corrected chi connectivity index (χ2v) is 7.08. The molecule has 0 aliphatic heterocycles. The van der Waals surface area contributed by atoms with Gasteiger partial charge in [0.2, 0.25) is 5.91 Å². The summed E-state index contributed by atoms with van der Waals surface area (Å²) >= 11 is 0. The van der Waals surface area contributed by atoms with Gasteiger partial charge in [0.1, 0.15) is 6.54 Å². The maximum Gasteiger partial charge on any atom is 0.275 e. The maximum atomic E-state index is 12.5. The number of nitrogens with zero attached hydrogens (tertiary/aromatic N) is 2. The SMILES string of the molecule is CCO[C@H]1C[C@H](NC(=O)Cn2ncc3ccccc3c2=O)C12CCC2. The maximum absolute atomic E-state index is 12.5. The highest BCUT2D eigenvalue weighted by Gasteiger charge is 2.59. The lowest BCUT2D eigenvalue weighted by molar-refractivity contribution is -0.176. The summed E-state index contributed by atoms with van der Waals surface area (Å²) in [6.07, 6.45) is 6.17. The van der Waals surface area contributed by atoms with E-state index >= 15 is 0 Å². The molecule has 0 saturated heterocycles. The summed E-state index contributed by atoms with van der Waals surface area (Å²) in [4.78, 5) is 24.9. The van der Waals surface area contributed by atoms with Crippen LogP contribution < -0.4 is 10.9 Å². The lowest BCUT2D eigenvalue weighted by atomic mass is 9.51. The van der Waals surface area contributed by atoms with Crippen LogP contribution in [-0.4, -0.2) is 34.4 Å². The van der Waals surface area contributed by atoms with Gasteiger partial charge in [-0.2, -0.15) is 5.10 Å². The minimum atomic E-state index is -0.229. The fraction of sp³-hybridized carbons (Fsp3) is 0.526. The first kappa shape index (κ1) is 16.3. The molecule has 1 aromatic heterocycles. The molecular weight excluding hydrogens is 318 g/mol. The monoisotopic (exact) mass is 341 g/mol. The lowest BCUT2D eigenvalue weighted by Crippen LogP contribution is -2.68. The van der Waals surface area contributed by atoms with Crippen LogP contribution in [-0.2, 0) is 16.1 Å². The lowest BCUT2D eigenvalue weighted by Gasteiger charge is -2.61. The zero-order chi connectivity index (χ0) is 17.4. The highest BCUT2D eigenvalue weighted by atomic mass is 16.5. The van der Waals surface area contributed by atoms with Gasteiger partial charge in [-0.3, -0.25) is 9.59 Å². The van der Waals surface area contributed by atoms with Crippen molar-refractivity contribution in [2.75, 3.05) is 6.61 Å². The summed E-state index contributed by atoms with van der Waals surface area (Å²) < 4.78 is 7.05. The molecule has 2 fully saturated rings. The Labute approximate surface area is 146 Å². The number of hydrogen-bond acceptors (Lipinski definition) is 4. The minimum Gasteiger partial charge on any atom is -0.378 e. The van der Waals surface area contributed by atoms with Gasteiger partial charge < -0.3 is 10.1 Å². The van der Waals surface area contributed by atoms with Crippen LogP contribution in [0.5, 0.6) is 0 Å². The molecule has 4 rings (SSSR count). The van der Waals surface area contributed by atoms with Gasteiger partial charge >= 0.3 is 0 Å². The standard InChI is InChI=1S/C19H23N3O3/c1-2-25-16-10-15(19(16)8-5-9-19)21-17(23)12-22-18(24)14-7-4-3-6-13(14)11-20-22/h3-4,6-7,11,15-16H,2,5,8-10,12H2,1H3,(H,21,23)/t15-,16-/m0/s1. The summed E-state index contributed by atoms with van der Waals surface area (Å²) in [6.45, 7) is 2.68. The first-order chi connectivity index (χ1) is 12.1. The average molecular weight is 341 g/mol. The molecule has 1 heterocycles. The van der Waals surface area contributed by atoms with Crippen molar-refractivity contribution in [3.63, 3.8) is 0 Å². The van der Waals surface area contributed by atoms with E-state index in [2.05, 4.69) is 10.4 Å². The van der Waals surface area contributed by atoms with Crippen LogP contribution in [0.1, 0.15) is 32.6 Å². The number of rotatable bonds is 5. The van der Waals surface area contributed by atoms with Crippen LogP contribution in [0.15, 0.2) is 35.3 Å². The first-order valence-corrected chi connectivity index (χ1v) is 9.00. The Kier molecular flexibility index (Phi) is 4.07. The van der Waals surface area contributed by atoms with E-state index in [1.807, 2.05) is 25.1 Å². The fourth-order valence-corrected chi connectivity index (χ4v) is 4.26. The number of ether oxygens (including phenoxy) is 1. The molecule has 1 aromatic carbocycles. The smallest absolute Gasteiger partial charge is 0.275 e. The van der Waals surface area contributed by atoms with Gasteiger partial charge in [0.15, 0.2) is 0 Å². The highest BCUT2D eigenvalue weighted by molar-refractivity contribution is 5.81. The van der Waals surface area contributed by atoms with E-state index in [4.69, 9.17) is 4.74 Å². The number of carbonyl (C=O) groups is 1. The molecule has 0 unspecified atom stereocenters. The molecule has 0 radical (unpaired) electrons.